The van der Waals surface area contributed by atoms with E-state index in [1.165, 1.54) is 19.3 Å². The van der Waals surface area contributed by atoms with E-state index in [9.17, 15) is 5.11 Å². The van der Waals surface area contributed by atoms with Crippen LogP contribution in [0.1, 0.15) is 38.8 Å². The summed E-state index contributed by atoms with van der Waals surface area (Å²) in [5.41, 5.74) is 1.36. The number of aliphatic hydroxyl groups excluding tert-OH is 1. The molecule has 0 aliphatic carbocycles. The van der Waals surface area contributed by atoms with Gasteiger partial charge in [-0.3, -0.25) is 4.40 Å². The van der Waals surface area contributed by atoms with Crippen LogP contribution in [0, 0.1) is 5.41 Å². The van der Waals surface area contributed by atoms with Crippen LogP contribution in [-0.2, 0) is 6.61 Å². The van der Waals surface area contributed by atoms with Gasteiger partial charge in [0.15, 0.2) is 10.8 Å². The van der Waals surface area contributed by atoms with Crippen molar-refractivity contribution in [2.45, 2.75) is 39.7 Å². The van der Waals surface area contributed by atoms with Gasteiger partial charge in [0, 0.05) is 24.7 Å². The highest BCUT2D eigenvalue weighted by Gasteiger charge is 2.36. The zero-order valence-electron chi connectivity index (χ0n) is 11.6. The van der Waals surface area contributed by atoms with E-state index in [1.54, 1.807) is 11.3 Å². The quantitative estimate of drug-likeness (QED) is 0.935. The minimum atomic E-state index is 0.0506. The maximum Gasteiger partial charge on any atom is 0.195 e. The van der Waals surface area contributed by atoms with Crippen LogP contribution in [0.2, 0.25) is 0 Å². The molecular formula is C14H21N3OS. The molecule has 5 heteroatoms. The molecule has 1 aliphatic rings. The molecule has 0 radical (unpaired) electrons. The molecule has 4 nitrogen and oxygen atoms in total. The van der Waals surface area contributed by atoms with Gasteiger partial charge in [-0.1, -0.05) is 13.8 Å². The number of aromatic nitrogens is 2. The Labute approximate surface area is 117 Å². The number of imidazole rings is 1. The zero-order valence-corrected chi connectivity index (χ0v) is 12.4. The average molecular weight is 279 g/mol. The smallest absolute Gasteiger partial charge is 0.195 e. The molecule has 2 aromatic rings. The van der Waals surface area contributed by atoms with E-state index in [4.69, 9.17) is 4.98 Å². The number of fused-ring (bicyclic) bond motifs is 1. The van der Waals surface area contributed by atoms with E-state index >= 15 is 0 Å². The summed E-state index contributed by atoms with van der Waals surface area (Å²) in [6.07, 6.45) is 5.66. The van der Waals surface area contributed by atoms with Gasteiger partial charge < -0.3 is 10.0 Å². The van der Waals surface area contributed by atoms with Crippen LogP contribution >= 0.6 is 11.3 Å². The average Bonchev–Trinajstić information content (AvgIpc) is 3.12. The van der Waals surface area contributed by atoms with Gasteiger partial charge in [0.1, 0.15) is 0 Å². The number of hydrogen-bond donors (Lipinski definition) is 1. The maximum atomic E-state index is 9.65. The molecule has 1 N–H and O–H groups in total. The van der Waals surface area contributed by atoms with Crippen LogP contribution in [0.15, 0.2) is 11.6 Å². The van der Waals surface area contributed by atoms with Crippen molar-refractivity contribution >= 4 is 22.1 Å². The van der Waals surface area contributed by atoms with Crippen LogP contribution in [0.25, 0.3) is 4.96 Å². The predicted octanol–water partition coefficient (Wildman–Crippen LogP) is 2.90. The van der Waals surface area contributed by atoms with Gasteiger partial charge >= 0.3 is 0 Å². The van der Waals surface area contributed by atoms with Crippen molar-refractivity contribution < 1.29 is 5.11 Å². The minimum absolute atomic E-state index is 0.0506. The highest BCUT2D eigenvalue weighted by Crippen LogP contribution is 2.40. The molecular weight excluding hydrogens is 258 g/mol. The fraction of sp³-hybridized carbons (Fsp3) is 0.643. The van der Waals surface area contributed by atoms with Crippen molar-refractivity contribution in [1.29, 1.82) is 0 Å². The summed E-state index contributed by atoms with van der Waals surface area (Å²) in [6.45, 7) is 6.74. The van der Waals surface area contributed by atoms with Gasteiger partial charge in [0.05, 0.1) is 12.3 Å². The molecule has 104 valence electrons. The molecule has 0 aromatic carbocycles. The SMILES string of the molecule is CCC1(CC)CCN(c2nc3sccn3c2CO)C1. The third kappa shape index (κ3) is 1.96. The van der Waals surface area contributed by atoms with E-state index in [-0.39, 0.29) is 6.61 Å². The van der Waals surface area contributed by atoms with Gasteiger partial charge in [-0.25, -0.2) is 4.98 Å². The molecule has 2 aromatic heterocycles. The lowest BCUT2D eigenvalue weighted by Crippen LogP contribution is -2.27. The minimum Gasteiger partial charge on any atom is -0.390 e. The first kappa shape index (κ1) is 12.9. The van der Waals surface area contributed by atoms with E-state index in [0.717, 1.165) is 29.6 Å². The second-order valence-corrected chi connectivity index (χ2v) is 6.35. The Morgan fingerprint density at radius 2 is 2.21 bits per heavy atom. The van der Waals surface area contributed by atoms with Crippen LogP contribution in [0.5, 0.6) is 0 Å². The van der Waals surface area contributed by atoms with Crippen LogP contribution in [0.3, 0.4) is 0 Å². The molecule has 3 rings (SSSR count). The summed E-state index contributed by atoms with van der Waals surface area (Å²) in [5, 5.41) is 11.7. The highest BCUT2D eigenvalue weighted by molar-refractivity contribution is 7.15. The van der Waals surface area contributed by atoms with E-state index in [2.05, 4.69) is 18.7 Å². The molecule has 1 aliphatic heterocycles. The number of anilines is 1. The third-order valence-corrected chi connectivity index (χ3v) is 5.48. The number of hydrogen-bond acceptors (Lipinski definition) is 4. The third-order valence-electron chi connectivity index (χ3n) is 4.73. The molecule has 0 spiro atoms. The second-order valence-electron chi connectivity index (χ2n) is 5.47. The van der Waals surface area contributed by atoms with E-state index in [0.29, 0.717) is 5.41 Å². The lowest BCUT2D eigenvalue weighted by Gasteiger charge is -2.26. The summed E-state index contributed by atoms with van der Waals surface area (Å²) in [6, 6.07) is 0. The lowest BCUT2D eigenvalue weighted by atomic mass is 9.82. The Hall–Kier alpha value is -1.07. The number of thiazole rings is 1. The first-order valence-electron chi connectivity index (χ1n) is 7.03. The van der Waals surface area contributed by atoms with Crippen LogP contribution < -0.4 is 4.90 Å². The van der Waals surface area contributed by atoms with Crippen molar-refractivity contribution in [2.75, 3.05) is 18.0 Å². The summed E-state index contributed by atoms with van der Waals surface area (Å²) in [7, 11) is 0. The molecule has 0 saturated carbocycles. The predicted molar refractivity (Wildman–Crippen MR) is 78.8 cm³/mol. The highest BCUT2D eigenvalue weighted by atomic mass is 32.1. The summed E-state index contributed by atoms with van der Waals surface area (Å²) < 4.78 is 2.01. The molecule has 0 atom stereocenters. The molecule has 1 saturated heterocycles. The number of rotatable bonds is 4. The molecule has 3 heterocycles. The first-order valence-corrected chi connectivity index (χ1v) is 7.91. The monoisotopic (exact) mass is 279 g/mol. The van der Waals surface area contributed by atoms with Gasteiger partial charge in [0.25, 0.3) is 0 Å². The van der Waals surface area contributed by atoms with Crippen molar-refractivity contribution in [3.8, 4) is 0 Å². The topological polar surface area (TPSA) is 40.8 Å². The van der Waals surface area contributed by atoms with E-state index < -0.39 is 0 Å². The van der Waals surface area contributed by atoms with Crippen LogP contribution in [0.4, 0.5) is 5.82 Å². The summed E-state index contributed by atoms with van der Waals surface area (Å²) >= 11 is 1.62. The van der Waals surface area contributed by atoms with Gasteiger partial charge in [-0.15, -0.1) is 11.3 Å². The van der Waals surface area contributed by atoms with E-state index in [1.807, 2.05) is 16.0 Å². The second kappa shape index (κ2) is 4.80. The first-order chi connectivity index (χ1) is 9.23. The van der Waals surface area contributed by atoms with Gasteiger partial charge in [-0.05, 0) is 24.7 Å². The molecule has 0 unspecified atom stereocenters. The molecule has 1 fully saturated rings. The zero-order chi connectivity index (χ0) is 13.5. The number of nitrogens with zero attached hydrogens (tertiary/aromatic N) is 3. The van der Waals surface area contributed by atoms with Crippen molar-refractivity contribution in [3.63, 3.8) is 0 Å². The van der Waals surface area contributed by atoms with Gasteiger partial charge in [-0.2, -0.15) is 0 Å². The molecule has 0 amide bonds. The number of aliphatic hydroxyl groups is 1. The Bertz CT molecular complexity index is 570. The largest absolute Gasteiger partial charge is 0.390 e. The summed E-state index contributed by atoms with van der Waals surface area (Å²) in [5.74, 6) is 0.984. The Morgan fingerprint density at radius 1 is 1.42 bits per heavy atom. The Morgan fingerprint density at radius 3 is 2.84 bits per heavy atom. The van der Waals surface area contributed by atoms with Crippen molar-refractivity contribution in [2.24, 2.45) is 5.41 Å². The Balaban J connectivity index is 1.95. The molecule has 0 bridgehead atoms. The molecule has 19 heavy (non-hydrogen) atoms. The maximum absolute atomic E-state index is 9.65. The van der Waals surface area contributed by atoms with Crippen molar-refractivity contribution in [1.82, 2.24) is 9.38 Å². The lowest BCUT2D eigenvalue weighted by molar-refractivity contribution is 0.275. The van der Waals surface area contributed by atoms with Crippen molar-refractivity contribution in [3.05, 3.63) is 17.3 Å². The standard InChI is InChI=1S/C14H21N3OS/c1-3-14(4-2)5-6-16(10-14)12-11(9-18)17-7-8-19-13(17)15-12/h7-8,18H,3-6,9-10H2,1-2H3. The fourth-order valence-electron chi connectivity index (χ4n) is 3.16. The normalized spacial score (nSPS) is 18.6. The fourth-order valence-corrected chi connectivity index (χ4v) is 3.89. The van der Waals surface area contributed by atoms with Gasteiger partial charge in [0.2, 0.25) is 0 Å². The Kier molecular flexibility index (Phi) is 3.27. The summed E-state index contributed by atoms with van der Waals surface area (Å²) in [4.78, 5) is 8.04. The van der Waals surface area contributed by atoms with Crippen LogP contribution in [-0.4, -0.2) is 27.6 Å².